The van der Waals surface area contributed by atoms with Crippen LogP contribution < -0.4 is 4.90 Å². The number of benzene rings is 2. The van der Waals surface area contributed by atoms with Crippen molar-refractivity contribution >= 4 is 27.3 Å². The van der Waals surface area contributed by atoms with E-state index >= 15 is 0 Å². The Balaban J connectivity index is 2.39. The molecule has 2 heteroatoms. The third kappa shape index (κ3) is 2.75. The summed E-state index contributed by atoms with van der Waals surface area (Å²) >= 11 is 3.50. The summed E-state index contributed by atoms with van der Waals surface area (Å²) in [6.07, 6.45) is 0. The Bertz CT molecular complexity index is 508. The van der Waals surface area contributed by atoms with E-state index in [0.29, 0.717) is 0 Å². The molecule has 0 aliphatic carbocycles. The van der Waals surface area contributed by atoms with Gasteiger partial charge in [-0.2, -0.15) is 0 Å². The van der Waals surface area contributed by atoms with Crippen molar-refractivity contribution in [1.82, 2.24) is 0 Å². The quantitative estimate of drug-likeness (QED) is 0.715. The molecule has 94 valence electrons. The van der Waals surface area contributed by atoms with Gasteiger partial charge in [-0.05, 0) is 43.2 Å². The highest BCUT2D eigenvalue weighted by molar-refractivity contribution is 9.08. The van der Waals surface area contributed by atoms with Gasteiger partial charge >= 0.3 is 0 Å². The van der Waals surface area contributed by atoms with Crippen molar-refractivity contribution in [2.24, 2.45) is 0 Å². The number of nitrogens with zero attached hydrogens (tertiary/aromatic N) is 1. The summed E-state index contributed by atoms with van der Waals surface area (Å²) in [5.41, 5.74) is 5.17. The number of hydrogen-bond acceptors (Lipinski definition) is 1. The second-order valence-electron chi connectivity index (χ2n) is 4.33. The highest BCUT2D eigenvalue weighted by Gasteiger charge is 2.09. The maximum absolute atomic E-state index is 3.50. The summed E-state index contributed by atoms with van der Waals surface area (Å²) < 4.78 is 0. The number of aryl methyl sites for hydroxylation is 1. The largest absolute Gasteiger partial charge is 0.342 e. The molecule has 18 heavy (non-hydrogen) atoms. The van der Waals surface area contributed by atoms with Crippen molar-refractivity contribution in [2.45, 2.75) is 19.2 Å². The van der Waals surface area contributed by atoms with Crippen LogP contribution in [-0.2, 0) is 5.33 Å². The van der Waals surface area contributed by atoms with E-state index in [1.54, 1.807) is 0 Å². The van der Waals surface area contributed by atoms with Gasteiger partial charge < -0.3 is 4.90 Å². The van der Waals surface area contributed by atoms with E-state index in [2.05, 4.69) is 83.2 Å². The van der Waals surface area contributed by atoms with E-state index in [0.717, 1.165) is 11.9 Å². The predicted octanol–water partition coefficient (Wildman–Crippen LogP) is 5.05. The lowest BCUT2D eigenvalue weighted by Gasteiger charge is -2.25. The fraction of sp³-hybridized carbons (Fsp3) is 0.250. The SMILES string of the molecule is CCN(c1ccccc1)c1ccc(CBr)cc1C. The van der Waals surface area contributed by atoms with E-state index in [1.165, 1.54) is 22.5 Å². The van der Waals surface area contributed by atoms with Gasteiger partial charge in [0.15, 0.2) is 0 Å². The van der Waals surface area contributed by atoms with Gasteiger partial charge in [0.05, 0.1) is 0 Å². The molecule has 0 spiro atoms. The van der Waals surface area contributed by atoms with E-state index < -0.39 is 0 Å². The van der Waals surface area contributed by atoms with Gasteiger partial charge in [-0.25, -0.2) is 0 Å². The van der Waals surface area contributed by atoms with Crippen LogP contribution >= 0.6 is 15.9 Å². The molecule has 0 unspecified atom stereocenters. The molecular formula is C16H18BrN. The first-order valence-electron chi connectivity index (χ1n) is 6.24. The molecular weight excluding hydrogens is 286 g/mol. The summed E-state index contributed by atoms with van der Waals surface area (Å²) in [4.78, 5) is 2.34. The fourth-order valence-corrected chi connectivity index (χ4v) is 2.55. The topological polar surface area (TPSA) is 3.24 Å². The minimum Gasteiger partial charge on any atom is -0.342 e. The van der Waals surface area contributed by atoms with Crippen LogP contribution in [0, 0.1) is 6.92 Å². The van der Waals surface area contributed by atoms with Crippen LogP contribution in [0.4, 0.5) is 11.4 Å². The number of rotatable bonds is 4. The predicted molar refractivity (Wildman–Crippen MR) is 82.9 cm³/mol. The molecule has 0 aliphatic heterocycles. The van der Waals surface area contributed by atoms with E-state index in [-0.39, 0.29) is 0 Å². The second kappa shape index (κ2) is 6.05. The molecule has 0 atom stereocenters. The lowest BCUT2D eigenvalue weighted by molar-refractivity contribution is 1.01. The zero-order valence-corrected chi connectivity index (χ0v) is 12.4. The second-order valence-corrected chi connectivity index (χ2v) is 4.90. The summed E-state index contributed by atoms with van der Waals surface area (Å²) in [5.74, 6) is 0. The van der Waals surface area contributed by atoms with Gasteiger partial charge in [0.25, 0.3) is 0 Å². The van der Waals surface area contributed by atoms with E-state index in [9.17, 15) is 0 Å². The van der Waals surface area contributed by atoms with Gasteiger partial charge in [0.1, 0.15) is 0 Å². The lowest BCUT2D eigenvalue weighted by atomic mass is 10.1. The van der Waals surface area contributed by atoms with Crippen LogP contribution in [0.25, 0.3) is 0 Å². The molecule has 0 radical (unpaired) electrons. The molecule has 2 aromatic carbocycles. The first-order valence-corrected chi connectivity index (χ1v) is 7.36. The smallest absolute Gasteiger partial charge is 0.0440 e. The Morgan fingerprint density at radius 1 is 1.06 bits per heavy atom. The van der Waals surface area contributed by atoms with Crippen molar-refractivity contribution in [3.8, 4) is 0 Å². The Hall–Kier alpha value is -1.28. The van der Waals surface area contributed by atoms with Crippen LogP contribution in [0.5, 0.6) is 0 Å². The third-order valence-electron chi connectivity index (χ3n) is 3.09. The van der Waals surface area contributed by atoms with Crippen LogP contribution in [-0.4, -0.2) is 6.54 Å². The average Bonchev–Trinajstić information content (AvgIpc) is 2.42. The molecule has 0 saturated carbocycles. The molecule has 0 heterocycles. The molecule has 2 aromatic rings. The normalized spacial score (nSPS) is 10.4. The Kier molecular flexibility index (Phi) is 4.43. The minimum atomic E-state index is 0.908. The Labute approximate surface area is 118 Å². The monoisotopic (exact) mass is 303 g/mol. The van der Waals surface area contributed by atoms with Crippen LogP contribution in [0.1, 0.15) is 18.1 Å². The molecule has 0 saturated heterocycles. The number of hydrogen-bond donors (Lipinski definition) is 0. The summed E-state index contributed by atoms with van der Waals surface area (Å²) in [6, 6.07) is 17.2. The van der Waals surface area contributed by atoms with Crippen molar-refractivity contribution in [3.05, 3.63) is 59.7 Å². The van der Waals surface area contributed by atoms with Crippen molar-refractivity contribution < 1.29 is 0 Å². The summed E-state index contributed by atoms with van der Waals surface area (Å²) in [5, 5.41) is 0.908. The lowest BCUT2D eigenvalue weighted by Crippen LogP contribution is -2.17. The maximum atomic E-state index is 3.50. The van der Waals surface area contributed by atoms with Crippen molar-refractivity contribution in [2.75, 3.05) is 11.4 Å². The van der Waals surface area contributed by atoms with Crippen LogP contribution in [0.3, 0.4) is 0 Å². The molecule has 2 rings (SSSR count). The zero-order chi connectivity index (χ0) is 13.0. The van der Waals surface area contributed by atoms with E-state index in [1.807, 2.05) is 0 Å². The molecule has 0 aliphatic rings. The summed E-state index contributed by atoms with van der Waals surface area (Å²) in [7, 11) is 0. The first-order chi connectivity index (χ1) is 8.76. The first kappa shape index (κ1) is 13.2. The number of anilines is 2. The van der Waals surface area contributed by atoms with Gasteiger partial charge in [-0.15, -0.1) is 0 Å². The van der Waals surface area contributed by atoms with E-state index in [4.69, 9.17) is 0 Å². The molecule has 0 bridgehead atoms. The third-order valence-corrected chi connectivity index (χ3v) is 3.74. The average molecular weight is 304 g/mol. The maximum Gasteiger partial charge on any atom is 0.0440 e. The highest BCUT2D eigenvalue weighted by Crippen LogP contribution is 2.28. The van der Waals surface area contributed by atoms with Crippen LogP contribution in [0.15, 0.2) is 48.5 Å². The van der Waals surface area contributed by atoms with Gasteiger partial charge in [0, 0.05) is 23.2 Å². The number of para-hydroxylation sites is 1. The minimum absolute atomic E-state index is 0.908. The zero-order valence-electron chi connectivity index (χ0n) is 10.9. The highest BCUT2D eigenvalue weighted by atomic mass is 79.9. The van der Waals surface area contributed by atoms with Gasteiger partial charge in [-0.3, -0.25) is 0 Å². The molecule has 0 aromatic heterocycles. The standard InChI is InChI=1S/C16H18BrN/c1-3-18(15-7-5-4-6-8-15)16-10-9-14(12-17)11-13(16)2/h4-11H,3,12H2,1-2H3. The fourth-order valence-electron chi connectivity index (χ4n) is 2.20. The van der Waals surface area contributed by atoms with Gasteiger partial charge in [-0.1, -0.05) is 46.3 Å². The summed E-state index contributed by atoms with van der Waals surface area (Å²) in [6.45, 7) is 5.33. The number of halogens is 1. The molecule has 1 nitrogen and oxygen atoms in total. The van der Waals surface area contributed by atoms with Gasteiger partial charge in [0.2, 0.25) is 0 Å². The van der Waals surface area contributed by atoms with Crippen molar-refractivity contribution in [3.63, 3.8) is 0 Å². The molecule has 0 fully saturated rings. The molecule has 0 amide bonds. The Morgan fingerprint density at radius 2 is 1.78 bits per heavy atom. The number of alkyl halides is 1. The van der Waals surface area contributed by atoms with Crippen molar-refractivity contribution in [1.29, 1.82) is 0 Å². The Morgan fingerprint density at radius 3 is 2.33 bits per heavy atom. The molecule has 0 N–H and O–H groups in total. The van der Waals surface area contributed by atoms with Crippen LogP contribution in [0.2, 0.25) is 0 Å².